The summed E-state index contributed by atoms with van der Waals surface area (Å²) in [5.74, 6) is 0.616. The van der Waals surface area contributed by atoms with E-state index in [1.807, 2.05) is 12.3 Å². The van der Waals surface area contributed by atoms with Crippen molar-refractivity contribution in [2.24, 2.45) is 0 Å². The van der Waals surface area contributed by atoms with Crippen molar-refractivity contribution in [2.45, 2.75) is 45.1 Å². The summed E-state index contributed by atoms with van der Waals surface area (Å²) in [4.78, 5) is 8.83. The third-order valence-electron chi connectivity index (χ3n) is 3.85. The van der Waals surface area contributed by atoms with Gasteiger partial charge >= 0.3 is 0 Å². The van der Waals surface area contributed by atoms with Crippen LogP contribution in [-0.2, 0) is 0 Å². The number of nitriles is 1. The van der Waals surface area contributed by atoms with Gasteiger partial charge in [0.15, 0.2) is 0 Å². The second-order valence-corrected chi connectivity index (χ2v) is 6.48. The third kappa shape index (κ3) is 3.42. The van der Waals surface area contributed by atoms with E-state index < -0.39 is 0 Å². The molecule has 0 unspecified atom stereocenters. The van der Waals surface area contributed by atoms with E-state index in [-0.39, 0.29) is 0 Å². The summed E-state index contributed by atoms with van der Waals surface area (Å²) < 4.78 is 0. The Morgan fingerprint density at radius 1 is 1.41 bits per heavy atom. The molecule has 3 rings (SSSR count). The Balaban J connectivity index is 1.79. The van der Waals surface area contributed by atoms with Crippen LogP contribution in [0.4, 0.5) is 5.95 Å². The first-order chi connectivity index (χ1) is 10.8. The number of nitrogens with one attached hydrogen (secondary N) is 2. The smallest absolute Gasteiger partial charge is 0.223 e. The zero-order chi connectivity index (χ0) is 15.4. The lowest BCUT2D eigenvalue weighted by Crippen LogP contribution is -2.23. The summed E-state index contributed by atoms with van der Waals surface area (Å²) in [6.07, 6.45) is 7.89. The van der Waals surface area contributed by atoms with Crippen LogP contribution in [-0.4, -0.2) is 16.0 Å². The highest BCUT2D eigenvalue weighted by Gasteiger charge is 2.17. The summed E-state index contributed by atoms with van der Waals surface area (Å²) in [6.45, 7) is 1.98. The van der Waals surface area contributed by atoms with E-state index in [0.29, 0.717) is 23.3 Å². The van der Waals surface area contributed by atoms with E-state index in [0.717, 1.165) is 10.7 Å². The predicted molar refractivity (Wildman–Crippen MR) is 89.5 cm³/mol. The van der Waals surface area contributed by atoms with Gasteiger partial charge < -0.3 is 10.6 Å². The molecule has 114 valence electrons. The van der Waals surface area contributed by atoms with Gasteiger partial charge in [0.05, 0.1) is 10.7 Å². The molecule has 0 saturated heterocycles. The molecule has 0 amide bonds. The second-order valence-electron chi connectivity index (χ2n) is 5.60. The lowest BCUT2D eigenvalue weighted by atomic mass is 9.96. The summed E-state index contributed by atoms with van der Waals surface area (Å²) in [5.41, 5.74) is 2.27. The fraction of sp³-hybridized carbons (Fsp3) is 0.438. The van der Waals surface area contributed by atoms with Gasteiger partial charge in [0.1, 0.15) is 11.6 Å². The number of hydrogen-bond donors (Lipinski definition) is 2. The van der Waals surface area contributed by atoms with Gasteiger partial charge in [-0.05, 0) is 31.2 Å². The van der Waals surface area contributed by atoms with Crippen LogP contribution in [0, 0.1) is 11.3 Å². The Bertz CT molecular complexity index is 653. The fourth-order valence-electron chi connectivity index (χ4n) is 2.73. The average Bonchev–Trinajstić information content (AvgIpc) is 2.96. The van der Waals surface area contributed by atoms with Crippen molar-refractivity contribution in [3.05, 3.63) is 34.1 Å². The first-order valence-electron chi connectivity index (χ1n) is 7.61. The highest BCUT2D eigenvalue weighted by atomic mass is 32.2. The normalized spacial score (nSPS) is 20.8. The van der Waals surface area contributed by atoms with Crippen molar-refractivity contribution in [3.8, 4) is 6.07 Å². The molecule has 22 heavy (non-hydrogen) atoms. The Morgan fingerprint density at radius 2 is 2.23 bits per heavy atom. The molecule has 1 aliphatic carbocycles. The van der Waals surface area contributed by atoms with Gasteiger partial charge in [-0.1, -0.05) is 31.0 Å². The van der Waals surface area contributed by atoms with Crippen LogP contribution in [0.2, 0.25) is 0 Å². The van der Waals surface area contributed by atoms with Gasteiger partial charge in [0.25, 0.3) is 0 Å². The van der Waals surface area contributed by atoms with Gasteiger partial charge in [-0.15, -0.1) is 0 Å². The average molecular weight is 313 g/mol. The van der Waals surface area contributed by atoms with Crippen LogP contribution in [0.3, 0.4) is 0 Å². The molecule has 1 aliphatic heterocycles. The minimum absolute atomic E-state index is 0.449. The number of thioether (sulfide) groups is 1. The summed E-state index contributed by atoms with van der Waals surface area (Å²) in [5, 5.41) is 18.9. The van der Waals surface area contributed by atoms with Crippen LogP contribution in [0.1, 0.15) is 44.7 Å². The second kappa shape index (κ2) is 6.84. The van der Waals surface area contributed by atoms with Crippen LogP contribution >= 0.6 is 11.8 Å². The van der Waals surface area contributed by atoms with Crippen molar-refractivity contribution in [2.75, 3.05) is 5.32 Å². The Kier molecular flexibility index (Phi) is 4.64. The molecule has 1 aromatic heterocycles. The largest absolute Gasteiger partial charge is 0.352 e. The van der Waals surface area contributed by atoms with Gasteiger partial charge in [-0.25, -0.2) is 9.97 Å². The standard InChI is InChI=1S/C16H19N5S/c1-11-10-22-15(19-11)13(9-17)14-7-8-18-16(21-14)20-12-5-3-2-4-6-12/h7-8,10,12,19H,2-6H2,1H3,(H,18,20,21). The molecule has 1 fully saturated rings. The Labute approximate surface area is 134 Å². The maximum atomic E-state index is 9.47. The first-order valence-corrected chi connectivity index (χ1v) is 8.49. The van der Waals surface area contributed by atoms with Gasteiger partial charge in [-0.2, -0.15) is 5.26 Å². The van der Waals surface area contributed by atoms with Crippen molar-refractivity contribution in [1.29, 1.82) is 5.26 Å². The molecular formula is C16H19N5S. The topological polar surface area (TPSA) is 73.6 Å². The first kappa shape index (κ1) is 14.9. The van der Waals surface area contributed by atoms with Gasteiger partial charge in [0, 0.05) is 17.9 Å². The van der Waals surface area contributed by atoms with E-state index in [1.54, 1.807) is 12.3 Å². The van der Waals surface area contributed by atoms with Crippen molar-refractivity contribution in [3.63, 3.8) is 0 Å². The fourth-order valence-corrected chi connectivity index (χ4v) is 3.57. The number of hydrogen-bond acceptors (Lipinski definition) is 6. The highest BCUT2D eigenvalue weighted by Crippen LogP contribution is 2.30. The minimum atomic E-state index is 0.449. The number of allylic oxidation sites excluding steroid dienone is 2. The molecule has 0 atom stereocenters. The molecule has 2 heterocycles. The van der Waals surface area contributed by atoms with E-state index in [1.165, 1.54) is 43.9 Å². The molecule has 2 N–H and O–H groups in total. The monoisotopic (exact) mass is 313 g/mol. The Morgan fingerprint density at radius 3 is 2.91 bits per heavy atom. The minimum Gasteiger partial charge on any atom is -0.352 e. The molecule has 0 spiro atoms. The third-order valence-corrected chi connectivity index (χ3v) is 4.87. The molecule has 1 saturated carbocycles. The zero-order valence-electron chi connectivity index (χ0n) is 12.6. The molecule has 5 nitrogen and oxygen atoms in total. The van der Waals surface area contributed by atoms with Crippen LogP contribution in [0.15, 0.2) is 28.4 Å². The summed E-state index contributed by atoms with van der Waals surface area (Å²) in [6, 6.07) is 4.49. The van der Waals surface area contributed by atoms with Crippen LogP contribution < -0.4 is 10.6 Å². The lowest BCUT2D eigenvalue weighted by molar-refractivity contribution is 0.461. The van der Waals surface area contributed by atoms with Gasteiger partial charge in [-0.3, -0.25) is 0 Å². The number of anilines is 1. The number of rotatable bonds is 3. The molecule has 1 aromatic rings. The SMILES string of the molecule is CC1=CSC(=C(C#N)c2ccnc(NC3CCCCC3)n2)N1. The quantitative estimate of drug-likeness (QED) is 0.830. The summed E-state index contributed by atoms with van der Waals surface area (Å²) >= 11 is 1.52. The van der Waals surface area contributed by atoms with Crippen LogP contribution in [0.5, 0.6) is 0 Å². The number of nitrogens with zero attached hydrogens (tertiary/aromatic N) is 3. The molecule has 6 heteroatoms. The lowest BCUT2D eigenvalue weighted by Gasteiger charge is -2.22. The van der Waals surface area contributed by atoms with Crippen molar-refractivity contribution < 1.29 is 0 Å². The van der Waals surface area contributed by atoms with Crippen LogP contribution in [0.25, 0.3) is 5.57 Å². The van der Waals surface area contributed by atoms with E-state index >= 15 is 0 Å². The molecule has 0 radical (unpaired) electrons. The molecular weight excluding hydrogens is 294 g/mol. The highest BCUT2D eigenvalue weighted by molar-refractivity contribution is 8.06. The maximum Gasteiger partial charge on any atom is 0.223 e. The molecule has 2 aliphatic rings. The van der Waals surface area contributed by atoms with E-state index in [2.05, 4.69) is 26.7 Å². The van der Waals surface area contributed by atoms with E-state index in [4.69, 9.17) is 0 Å². The van der Waals surface area contributed by atoms with Crippen molar-refractivity contribution in [1.82, 2.24) is 15.3 Å². The maximum absolute atomic E-state index is 9.47. The number of aromatic nitrogens is 2. The van der Waals surface area contributed by atoms with Crippen molar-refractivity contribution >= 4 is 23.3 Å². The predicted octanol–water partition coefficient (Wildman–Crippen LogP) is 3.61. The summed E-state index contributed by atoms with van der Waals surface area (Å²) in [7, 11) is 0. The Hall–Kier alpha value is -2.00. The molecule has 0 aromatic carbocycles. The van der Waals surface area contributed by atoms with Gasteiger partial charge in [0.2, 0.25) is 5.95 Å². The molecule has 0 bridgehead atoms. The zero-order valence-corrected chi connectivity index (χ0v) is 13.4. The van der Waals surface area contributed by atoms with E-state index in [9.17, 15) is 5.26 Å².